The average molecular weight is 499 g/mol. The zero-order valence-electron chi connectivity index (χ0n) is 21.7. The first-order chi connectivity index (χ1) is 17.8. The molecule has 4 N–H and O–H groups in total. The van der Waals surface area contributed by atoms with Crippen LogP contribution < -0.4 is 11.1 Å². The summed E-state index contributed by atoms with van der Waals surface area (Å²) >= 11 is 0. The van der Waals surface area contributed by atoms with Crippen molar-refractivity contribution < 1.29 is 14.7 Å². The van der Waals surface area contributed by atoms with E-state index < -0.39 is 24.0 Å². The van der Waals surface area contributed by atoms with E-state index in [-0.39, 0.29) is 6.42 Å². The van der Waals surface area contributed by atoms with E-state index in [2.05, 4.69) is 29.5 Å². The lowest BCUT2D eigenvalue weighted by Crippen LogP contribution is -2.50. The van der Waals surface area contributed by atoms with Gasteiger partial charge in [-0.25, -0.2) is 4.68 Å². The summed E-state index contributed by atoms with van der Waals surface area (Å²) in [6.45, 7) is 7.86. The molecule has 0 fully saturated rings. The number of amides is 2. The lowest BCUT2D eigenvalue weighted by Gasteiger charge is -2.22. The summed E-state index contributed by atoms with van der Waals surface area (Å²) in [5.74, 6) is -1.37. The van der Waals surface area contributed by atoms with Crippen LogP contribution in [0.4, 0.5) is 0 Å². The highest BCUT2D eigenvalue weighted by molar-refractivity contribution is 5.94. The van der Waals surface area contributed by atoms with Crippen LogP contribution in [0.15, 0.2) is 84.9 Å². The number of primary amides is 1. The van der Waals surface area contributed by atoms with Crippen LogP contribution in [0.2, 0.25) is 0 Å². The van der Waals surface area contributed by atoms with Crippen LogP contribution in [-0.2, 0) is 11.2 Å². The molecule has 1 heterocycles. The summed E-state index contributed by atoms with van der Waals surface area (Å²) in [6.07, 6.45) is -1.30. The number of nitrogens with zero attached hydrogens (tertiary/aromatic N) is 2. The third-order valence-corrected chi connectivity index (χ3v) is 5.90. The number of hydrogen-bond donors (Lipinski definition) is 3. The minimum Gasteiger partial charge on any atom is -0.381 e. The minimum absolute atomic E-state index is 0.243. The van der Waals surface area contributed by atoms with Gasteiger partial charge in [0.05, 0.1) is 17.4 Å². The first kappa shape index (κ1) is 27.4. The van der Waals surface area contributed by atoms with Gasteiger partial charge in [0.25, 0.3) is 5.91 Å². The van der Waals surface area contributed by atoms with Crippen LogP contribution in [0.3, 0.4) is 0 Å². The summed E-state index contributed by atoms with van der Waals surface area (Å²) in [5.41, 5.74) is 11.1. The van der Waals surface area contributed by atoms with E-state index in [4.69, 9.17) is 5.73 Å². The van der Waals surface area contributed by atoms with E-state index in [0.29, 0.717) is 11.4 Å². The quantitative estimate of drug-likeness (QED) is 0.335. The molecule has 0 aliphatic carbocycles. The molecule has 2 amide bonds. The van der Waals surface area contributed by atoms with Crippen molar-refractivity contribution in [1.82, 2.24) is 15.1 Å². The molecule has 3 aromatic carbocycles. The second kappa shape index (κ2) is 12.6. The monoisotopic (exact) mass is 498 g/mol. The fraction of sp³-hybridized carbons (Fsp3) is 0.233. The Bertz CT molecular complexity index is 1350. The largest absolute Gasteiger partial charge is 0.381 e. The molecule has 0 saturated carbocycles. The predicted molar refractivity (Wildman–Crippen MR) is 146 cm³/mol. The molecule has 37 heavy (non-hydrogen) atoms. The van der Waals surface area contributed by atoms with E-state index in [9.17, 15) is 14.7 Å². The van der Waals surface area contributed by atoms with E-state index in [0.717, 1.165) is 27.9 Å². The number of aryl methyl sites for hydroxylation is 2. The molecule has 7 nitrogen and oxygen atoms in total. The van der Waals surface area contributed by atoms with E-state index in [1.54, 1.807) is 17.7 Å². The molecule has 0 aliphatic rings. The Hall–Kier alpha value is -4.23. The number of nitrogens with two attached hydrogens (primary N) is 1. The zero-order valence-corrected chi connectivity index (χ0v) is 21.7. The summed E-state index contributed by atoms with van der Waals surface area (Å²) in [4.78, 5) is 25.1. The summed E-state index contributed by atoms with van der Waals surface area (Å²) in [7, 11) is 0. The smallest absolute Gasteiger partial charge is 0.270 e. The van der Waals surface area contributed by atoms with Crippen LogP contribution >= 0.6 is 0 Å². The topological polar surface area (TPSA) is 110 Å². The maximum absolute atomic E-state index is 13.4. The fourth-order valence-electron chi connectivity index (χ4n) is 4.11. The third kappa shape index (κ3) is 6.71. The number of carbonyl (C=O) groups is 2. The maximum atomic E-state index is 13.4. The zero-order chi connectivity index (χ0) is 26.9. The number of benzene rings is 3. The molecule has 0 radical (unpaired) electrons. The summed E-state index contributed by atoms with van der Waals surface area (Å²) in [6, 6.07) is 25.9. The molecule has 4 rings (SSSR count). The average Bonchev–Trinajstić information content (AvgIpc) is 3.31. The highest BCUT2D eigenvalue weighted by atomic mass is 16.3. The van der Waals surface area contributed by atoms with Crippen molar-refractivity contribution in [3.8, 4) is 16.8 Å². The van der Waals surface area contributed by atoms with Crippen molar-refractivity contribution in [1.29, 1.82) is 0 Å². The molecule has 4 aromatic rings. The number of aliphatic hydroxyl groups excluding tert-OH is 1. The molecule has 7 heteroatoms. The maximum Gasteiger partial charge on any atom is 0.270 e. The Morgan fingerprint density at radius 1 is 0.946 bits per heavy atom. The van der Waals surface area contributed by atoms with Gasteiger partial charge in [0, 0.05) is 0 Å². The SMILES string of the molecule is CC.Cc1cc(C(=O)NC(Cc2ccccc2)C(O)C(N)=O)n(-c2cccc(-c3ccccc3C)c2)n1. The minimum atomic E-state index is -1.54. The lowest BCUT2D eigenvalue weighted by atomic mass is 10.00. The molecule has 1 aromatic heterocycles. The van der Waals surface area contributed by atoms with E-state index >= 15 is 0 Å². The normalized spacial score (nSPS) is 12.1. The van der Waals surface area contributed by atoms with Gasteiger partial charge in [-0.05, 0) is 60.7 Å². The standard InChI is InChI=1S/C28H28N4O3.C2H6/c1-18-9-6-7-14-23(18)21-12-8-13-22(17-21)32-25(15-19(2)31-32)28(35)30-24(26(33)27(29)34)16-20-10-4-3-5-11-20;1-2/h3-15,17,24,26,33H,16H2,1-2H3,(H2,29,34)(H,30,35);1-2H3. The van der Waals surface area contributed by atoms with Crippen molar-refractivity contribution >= 4 is 11.8 Å². The van der Waals surface area contributed by atoms with Gasteiger partial charge in [-0.2, -0.15) is 5.10 Å². The molecular weight excluding hydrogens is 464 g/mol. The van der Waals surface area contributed by atoms with E-state index in [1.165, 1.54) is 0 Å². The molecule has 0 aliphatic heterocycles. The first-order valence-corrected chi connectivity index (χ1v) is 12.4. The second-order valence-corrected chi connectivity index (χ2v) is 8.56. The van der Waals surface area contributed by atoms with Crippen LogP contribution in [0.25, 0.3) is 16.8 Å². The highest BCUT2D eigenvalue weighted by Gasteiger charge is 2.28. The predicted octanol–water partition coefficient (Wildman–Crippen LogP) is 4.37. The Kier molecular flexibility index (Phi) is 9.35. The van der Waals surface area contributed by atoms with Crippen molar-refractivity contribution in [2.45, 2.75) is 46.3 Å². The molecule has 2 unspecified atom stereocenters. The van der Waals surface area contributed by atoms with Gasteiger partial charge in [0.1, 0.15) is 5.69 Å². The Balaban J connectivity index is 0.00000186. The van der Waals surface area contributed by atoms with Crippen LogP contribution in [0.1, 0.15) is 41.2 Å². The van der Waals surface area contributed by atoms with Gasteiger partial charge in [0.15, 0.2) is 6.10 Å². The first-order valence-electron chi connectivity index (χ1n) is 12.4. The number of nitrogens with one attached hydrogen (secondary N) is 1. The van der Waals surface area contributed by atoms with Crippen LogP contribution in [0, 0.1) is 13.8 Å². The molecule has 192 valence electrons. The van der Waals surface area contributed by atoms with Crippen molar-refractivity contribution in [3.05, 3.63) is 107 Å². The summed E-state index contributed by atoms with van der Waals surface area (Å²) < 4.78 is 1.57. The van der Waals surface area contributed by atoms with Crippen molar-refractivity contribution in [3.63, 3.8) is 0 Å². The third-order valence-electron chi connectivity index (χ3n) is 5.90. The van der Waals surface area contributed by atoms with Crippen LogP contribution in [0.5, 0.6) is 0 Å². The lowest BCUT2D eigenvalue weighted by molar-refractivity contribution is -0.127. The number of aliphatic hydroxyl groups is 1. The number of carbonyl (C=O) groups excluding carboxylic acids is 2. The Morgan fingerprint density at radius 3 is 2.30 bits per heavy atom. The number of rotatable bonds is 8. The second-order valence-electron chi connectivity index (χ2n) is 8.56. The highest BCUT2D eigenvalue weighted by Crippen LogP contribution is 2.26. The van der Waals surface area contributed by atoms with Gasteiger partial charge in [0.2, 0.25) is 5.91 Å². The number of aromatic nitrogens is 2. The molecule has 2 atom stereocenters. The van der Waals surface area contributed by atoms with E-state index in [1.807, 2.05) is 80.6 Å². The Labute approximate surface area is 218 Å². The Morgan fingerprint density at radius 2 is 1.62 bits per heavy atom. The van der Waals surface area contributed by atoms with Gasteiger partial charge in [-0.15, -0.1) is 0 Å². The van der Waals surface area contributed by atoms with Gasteiger partial charge in [-0.1, -0.05) is 80.6 Å². The van der Waals surface area contributed by atoms with Crippen molar-refractivity contribution in [2.24, 2.45) is 5.73 Å². The molecular formula is C30H34N4O3. The van der Waals surface area contributed by atoms with Crippen molar-refractivity contribution in [2.75, 3.05) is 0 Å². The van der Waals surface area contributed by atoms with Gasteiger partial charge < -0.3 is 16.2 Å². The van der Waals surface area contributed by atoms with Crippen LogP contribution in [-0.4, -0.2) is 38.8 Å². The number of hydrogen-bond acceptors (Lipinski definition) is 4. The molecule has 0 bridgehead atoms. The fourth-order valence-corrected chi connectivity index (χ4v) is 4.11. The molecule has 0 saturated heterocycles. The van der Waals surface area contributed by atoms with Gasteiger partial charge >= 0.3 is 0 Å². The van der Waals surface area contributed by atoms with Gasteiger partial charge in [-0.3, -0.25) is 9.59 Å². The molecule has 0 spiro atoms. The summed E-state index contributed by atoms with van der Waals surface area (Å²) in [5, 5.41) is 17.7.